The van der Waals surface area contributed by atoms with E-state index < -0.39 is 72.5 Å². The molecule has 12 nitrogen and oxygen atoms in total. The van der Waals surface area contributed by atoms with Gasteiger partial charge in [0.05, 0.1) is 24.3 Å². The van der Waals surface area contributed by atoms with E-state index in [1.165, 1.54) is 4.90 Å². The maximum Gasteiger partial charge on any atom is 0.416 e. The lowest BCUT2D eigenvalue weighted by Gasteiger charge is -2.21. The zero-order valence-corrected chi connectivity index (χ0v) is 20.4. The van der Waals surface area contributed by atoms with Crippen LogP contribution in [0.4, 0.5) is 23.8 Å². The van der Waals surface area contributed by atoms with E-state index in [0.717, 1.165) is 18.2 Å². The number of pyridine rings is 1. The number of aliphatic carboxylic acids is 1. The van der Waals surface area contributed by atoms with Gasteiger partial charge in [-0.05, 0) is 36.8 Å². The van der Waals surface area contributed by atoms with Gasteiger partial charge in [0.2, 0.25) is 5.91 Å². The van der Waals surface area contributed by atoms with E-state index in [0.29, 0.717) is 18.3 Å². The second-order valence-electron chi connectivity index (χ2n) is 8.60. The van der Waals surface area contributed by atoms with Crippen molar-refractivity contribution >= 4 is 29.7 Å². The first-order chi connectivity index (χ1) is 18.4. The van der Waals surface area contributed by atoms with Crippen LogP contribution in [0.3, 0.4) is 0 Å². The molecule has 2 aromatic rings. The number of rotatable bonds is 11. The lowest BCUT2D eigenvalue weighted by molar-refractivity contribution is -0.139. The van der Waals surface area contributed by atoms with E-state index in [-0.39, 0.29) is 13.1 Å². The van der Waals surface area contributed by atoms with Crippen LogP contribution in [0.1, 0.15) is 22.3 Å². The fraction of sp³-hybridized carbons (Fsp3) is 0.375. The van der Waals surface area contributed by atoms with Crippen molar-refractivity contribution in [3.8, 4) is 0 Å². The largest absolute Gasteiger partial charge is 0.480 e. The number of anilines is 1. The third-order valence-corrected chi connectivity index (χ3v) is 5.81. The predicted octanol–water partition coefficient (Wildman–Crippen LogP) is 1.65. The number of benzene rings is 1. The second-order valence-corrected chi connectivity index (χ2v) is 8.60. The zero-order chi connectivity index (χ0) is 28.6. The van der Waals surface area contributed by atoms with Crippen molar-refractivity contribution in [2.45, 2.75) is 30.8 Å². The van der Waals surface area contributed by atoms with Crippen molar-refractivity contribution in [1.82, 2.24) is 20.5 Å². The number of aromatic nitrogens is 1. The summed E-state index contributed by atoms with van der Waals surface area (Å²) in [5.41, 5.74) is -1.47. The quantitative estimate of drug-likeness (QED) is 0.278. The number of nitrogens with one attached hydrogen (secondary N) is 3. The molecule has 0 bridgehead atoms. The monoisotopic (exact) mass is 553 g/mol. The van der Waals surface area contributed by atoms with E-state index in [1.54, 1.807) is 24.4 Å². The van der Waals surface area contributed by atoms with Crippen LogP contribution in [0.15, 0.2) is 48.7 Å². The molecular weight excluding hydrogens is 527 g/mol. The number of carbonyl (C=O) groups excluding carboxylic acids is 2. The predicted molar refractivity (Wildman–Crippen MR) is 129 cm³/mol. The van der Waals surface area contributed by atoms with Crippen molar-refractivity contribution in [2.75, 3.05) is 31.6 Å². The molecule has 1 aromatic heterocycles. The molecule has 15 heteroatoms. The molecule has 3 atom stereocenters. The highest BCUT2D eigenvalue weighted by Crippen LogP contribution is 2.29. The second kappa shape index (κ2) is 12.9. The summed E-state index contributed by atoms with van der Waals surface area (Å²) in [7, 11) is 0. The van der Waals surface area contributed by atoms with Crippen molar-refractivity contribution in [2.24, 2.45) is 0 Å². The Morgan fingerprint density at radius 3 is 2.54 bits per heavy atom. The number of carbonyl (C=O) groups is 4. The van der Waals surface area contributed by atoms with Gasteiger partial charge in [0.25, 0.3) is 5.91 Å². The first-order valence-electron chi connectivity index (χ1n) is 11.7. The van der Waals surface area contributed by atoms with Crippen LogP contribution < -0.4 is 16.0 Å². The molecule has 1 fully saturated rings. The van der Waals surface area contributed by atoms with Gasteiger partial charge in [0, 0.05) is 24.8 Å². The summed E-state index contributed by atoms with van der Waals surface area (Å²) in [5, 5.41) is 26.2. The third-order valence-electron chi connectivity index (χ3n) is 5.81. The molecular formula is C24H26F3N5O7. The van der Waals surface area contributed by atoms with Gasteiger partial charge in [0.1, 0.15) is 18.5 Å². The molecule has 3 unspecified atom stereocenters. The van der Waals surface area contributed by atoms with E-state index in [9.17, 15) is 42.6 Å². The van der Waals surface area contributed by atoms with Crippen molar-refractivity contribution < 1.29 is 47.3 Å². The van der Waals surface area contributed by atoms with Crippen LogP contribution in [0.5, 0.6) is 0 Å². The Morgan fingerprint density at radius 2 is 1.90 bits per heavy atom. The number of ether oxygens (including phenoxy) is 1. The number of likely N-dealkylation sites (tertiary alicyclic amines) is 1. The summed E-state index contributed by atoms with van der Waals surface area (Å²) in [6, 6.07) is 6.62. The summed E-state index contributed by atoms with van der Waals surface area (Å²) >= 11 is 0. The lowest BCUT2D eigenvalue weighted by atomic mass is 10.1. The molecule has 2 heterocycles. The Morgan fingerprint density at radius 1 is 1.13 bits per heavy atom. The van der Waals surface area contributed by atoms with Crippen LogP contribution in [-0.2, 0) is 20.5 Å². The Hall–Kier alpha value is -4.40. The molecule has 0 spiro atoms. The number of hydrogen-bond donors (Lipinski definition) is 5. The first-order valence-corrected chi connectivity index (χ1v) is 11.7. The van der Waals surface area contributed by atoms with Gasteiger partial charge < -0.3 is 35.8 Å². The average Bonchev–Trinajstić information content (AvgIpc) is 3.32. The summed E-state index contributed by atoms with van der Waals surface area (Å²) in [6.07, 6.45) is -4.56. The van der Waals surface area contributed by atoms with Crippen molar-refractivity contribution in [3.63, 3.8) is 0 Å². The maximum absolute atomic E-state index is 12.9. The SMILES string of the molecule is O=C(COC1CC(CNc2ccccn2)N(C(=O)O)C1)NCC(NC(=O)c1cccc(C(F)(F)F)c1)C(=O)O. The number of alkyl halides is 3. The lowest BCUT2D eigenvalue weighted by Crippen LogP contribution is -2.49. The minimum Gasteiger partial charge on any atom is -0.480 e. The molecule has 5 N–H and O–H groups in total. The molecule has 3 amide bonds. The summed E-state index contributed by atoms with van der Waals surface area (Å²) in [5.74, 6) is -2.75. The van der Waals surface area contributed by atoms with Gasteiger partial charge in [-0.1, -0.05) is 12.1 Å². The molecule has 1 aromatic carbocycles. The first kappa shape index (κ1) is 29.2. The molecule has 1 aliphatic heterocycles. The molecule has 210 valence electrons. The number of amides is 3. The Labute approximate surface area is 220 Å². The van der Waals surface area contributed by atoms with Gasteiger partial charge in [-0.2, -0.15) is 13.2 Å². The minimum atomic E-state index is -4.69. The average molecular weight is 553 g/mol. The van der Waals surface area contributed by atoms with Crippen molar-refractivity contribution in [1.29, 1.82) is 0 Å². The van der Waals surface area contributed by atoms with E-state index in [1.807, 2.05) is 0 Å². The smallest absolute Gasteiger partial charge is 0.416 e. The van der Waals surface area contributed by atoms with Crippen LogP contribution in [0.2, 0.25) is 0 Å². The van der Waals surface area contributed by atoms with E-state index in [4.69, 9.17) is 4.74 Å². The molecule has 0 saturated carbocycles. The van der Waals surface area contributed by atoms with Crippen LogP contribution >= 0.6 is 0 Å². The molecule has 39 heavy (non-hydrogen) atoms. The van der Waals surface area contributed by atoms with Crippen LogP contribution in [0, 0.1) is 0 Å². The summed E-state index contributed by atoms with van der Waals surface area (Å²) < 4.78 is 44.2. The number of nitrogens with zero attached hydrogens (tertiary/aromatic N) is 2. The van der Waals surface area contributed by atoms with Gasteiger partial charge in [-0.15, -0.1) is 0 Å². The zero-order valence-electron chi connectivity index (χ0n) is 20.4. The standard InChI is InChI=1S/C24H26F3N5O7/c25-24(26,27)15-5-3-4-14(8-15)21(34)31-18(22(35)36)11-30-20(33)13-39-17-9-16(32(12-17)23(37)38)10-29-19-6-1-2-7-28-19/h1-8,16-18H,9-13H2,(H,28,29)(H,30,33)(H,31,34)(H,35,36)(H,37,38). The topological polar surface area (TPSA) is 170 Å². The number of carboxylic acid groups (broad SMARTS) is 2. The van der Waals surface area contributed by atoms with Gasteiger partial charge >= 0.3 is 18.2 Å². The molecule has 0 aliphatic carbocycles. The van der Waals surface area contributed by atoms with E-state index >= 15 is 0 Å². The van der Waals surface area contributed by atoms with Crippen LogP contribution in [-0.4, -0.2) is 88.4 Å². The van der Waals surface area contributed by atoms with E-state index in [2.05, 4.69) is 20.9 Å². The maximum atomic E-state index is 12.9. The number of halogens is 3. The Kier molecular flexibility index (Phi) is 9.65. The van der Waals surface area contributed by atoms with Gasteiger partial charge in [-0.25, -0.2) is 14.6 Å². The number of hydrogen-bond acceptors (Lipinski definition) is 7. The third kappa shape index (κ3) is 8.56. The fourth-order valence-electron chi connectivity index (χ4n) is 3.85. The van der Waals surface area contributed by atoms with Crippen LogP contribution in [0.25, 0.3) is 0 Å². The van der Waals surface area contributed by atoms with Gasteiger partial charge in [-0.3, -0.25) is 9.59 Å². The normalized spacial score (nSPS) is 17.8. The minimum absolute atomic E-state index is 0.0158. The number of carboxylic acids is 1. The Bertz CT molecular complexity index is 1180. The molecule has 0 radical (unpaired) electrons. The highest BCUT2D eigenvalue weighted by Gasteiger charge is 2.36. The highest BCUT2D eigenvalue weighted by atomic mass is 19.4. The molecule has 1 aliphatic rings. The molecule has 3 rings (SSSR count). The van der Waals surface area contributed by atoms with Gasteiger partial charge in [0.15, 0.2) is 0 Å². The highest BCUT2D eigenvalue weighted by molar-refractivity contribution is 5.97. The van der Waals surface area contributed by atoms with Crippen molar-refractivity contribution in [3.05, 3.63) is 59.8 Å². The summed E-state index contributed by atoms with van der Waals surface area (Å²) in [6.45, 7) is -0.791. The summed E-state index contributed by atoms with van der Waals surface area (Å²) in [4.78, 5) is 53.0. The fourth-order valence-corrected chi connectivity index (χ4v) is 3.85. The Balaban J connectivity index is 1.47. The molecule has 1 saturated heterocycles.